The third kappa shape index (κ3) is 4.11. The molecule has 0 saturated heterocycles. The number of nitrogens with zero attached hydrogens (tertiary/aromatic N) is 5. The first-order valence-corrected chi connectivity index (χ1v) is 12.5. The number of nitrogens with two attached hydrogens (primary N) is 1. The van der Waals surface area contributed by atoms with E-state index in [-0.39, 0.29) is 21.3 Å². The number of amidine groups is 1. The summed E-state index contributed by atoms with van der Waals surface area (Å²) in [6.07, 6.45) is 5.30. The molecular weight excluding hydrogens is 455 g/mol. The Morgan fingerprint density at radius 1 is 1.15 bits per heavy atom. The molecular formula is C24H27FN6O2S. The van der Waals surface area contributed by atoms with Gasteiger partial charge in [-0.2, -0.15) is 0 Å². The summed E-state index contributed by atoms with van der Waals surface area (Å²) in [6.45, 7) is 6.08. The van der Waals surface area contributed by atoms with Gasteiger partial charge in [-0.3, -0.25) is 9.36 Å². The molecule has 0 radical (unpaired) electrons. The molecule has 2 aliphatic rings. The molecule has 178 valence electrons. The van der Waals surface area contributed by atoms with Crippen molar-refractivity contribution in [3.8, 4) is 28.6 Å². The van der Waals surface area contributed by atoms with E-state index in [4.69, 9.17) is 24.3 Å². The van der Waals surface area contributed by atoms with Crippen molar-refractivity contribution < 1.29 is 13.7 Å². The van der Waals surface area contributed by atoms with Gasteiger partial charge in [0.1, 0.15) is 23.0 Å². The van der Waals surface area contributed by atoms with Gasteiger partial charge in [0.2, 0.25) is 5.88 Å². The molecule has 34 heavy (non-hydrogen) atoms. The van der Waals surface area contributed by atoms with Crippen molar-refractivity contribution in [2.24, 2.45) is 15.1 Å². The number of hydrogen-bond donors (Lipinski definition) is 1. The lowest BCUT2D eigenvalue weighted by atomic mass is 9.91. The molecule has 0 amide bonds. The highest BCUT2D eigenvalue weighted by atomic mass is 32.2. The molecule has 3 heterocycles. The minimum absolute atomic E-state index is 0.335. The van der Waals surface area contributed by atoms with Crippen LogP contribution in [-0.2, 0) is 16.2 Å². The van der Waals surface area contributed by atoms with E-state index in [1.807, 2.05) is 6.92 Å². The van der Waals surface area contributed by atoms with Gasteiger partial charge >= 0.3 is 0 Å². The van der Waals surface area contributed by atoms with Crippen molar-refractivity contribution in [3.05, 3.63) is 48.0 Å². The van der Waals surface area contributed by atoms with Crippen LogP contribution in [0.4, 0.5) is 4.39 Å². The monoisotopic (exact) mass is 482 g/mol. The van der Waals surface area contributed by atoms with Gasteiger partial charge in [-0.25, -0.2) is 14.4 Å². The summed E-state index contributed by atoms with van der Waals surface area (Å²) in [5.74, 6) is 1.69. The summed E-state index contributed by atoms with van der Waals surface area (Å²) < 4.78 is 30.5. The first-order valence-electron chi connectivity index (χ1n) is 11.1. The second-order valence-electron chi connectivity index (χ2n) is 9.34. The highest BCUT2D eigenvalue weighted by Gasteiger charge is 2.43. The van der Waals surface area contributed by atoms with E-state index in [0.29, 0.717) is 51.8 Å². The van der Waals surface area contributed by atoms with Crippen molar-refractivity contribution in [2.75, 3.05) is 12.9 Å². The van der Waals surface area contributed by atoms with Gasteiger partial charge < -0.3 is 15.0 Å². The van der Waals surface area contributed by atoms with Crippen LogP contribution < -0.4 is 10.5 Å². The van der Waals surface area contributed by atoms with Crippen LogP contribution in [-0.4, -0.2) is 44.6 Å². The van der Waals surface area contributed by atoms with Gasteiger partial charge in [0.05, 0.1) is 35.8 Å². The quantitative estimate of drug-likeness (QED) is 0.581. The third-order valence-corrected chi connectivity index (χ3v) is 9.03. The minimum atomic E-state index is -0.828. The third-order valence-electron chi connectivity index (χ3n) is 6.26. The second-order valence-corrected chi connectivity index (χ2v) is 11.6. The Bertz CT molecular complexity index is 1300. The predicted octanol–water partition coefficient (Wildman–Crippen LogP) is 4.28. The fourth-order valence-corrected chi connectivity index (χ4v) is 6.15. The van der Waals surface area contributed by atoms with Crippen LogP contribution in [0, 0.1) is 5.82 Å². The van der Waals surface area contributed by atoms with E-state index in [1.54, 1.807) is 24.4 Å². The standard InChI is InChI=1S/C24H27FN6O2S/c1-23(2)22(26)29-24(3,13-34(23)31-15-6-7-15)16-9-14(5-8-17(16)25)20-10-18(30-33-20)19-11-28-21(32-4)12-27-19/h5,8-12,15H,6-7,13H2,1-4H3,(H2,26,29)/t24-,34+/m0/s1. The number of methoxy groups -OCH3 is 1. The number of halogens is 1. The number of hydrogen-bond acceptors (Lipinski definition) is 8. The Morgan fingerprint density at radius 2 is 1.94 bits per heavy atom. The van der Waals surface area contributed by atoms with Crippen molar-refractivity contribution in [3.63, 3.8) is 0 Å². The molecule has 10 heteroatoms. The van der Waals surface area contributed by atoms with E-state index in [0.717, 1.165) is 12.8 Å². The first-order chi connectivity index (χ1) is 16.2. The lowest BCUT2D eigenvalue weighted by Gasteiger charge is -2.40. The lowest BCUT2D eigenvalue weighted by Crippen LogP contribution is -2.52. The van der Waals surface area contributed by atoms with Gasteiger partial charge in [0.25, 0.3) is 0 Å². The average molecular weight is 483 g/mol. The normalized spacial score (nSPS) is 24.1. The fraction of sp³-hybridized carbons (Fsp3) is 0.417. The molecule has 8 nitrogen and oxygen atoms in total. The number of rotatable bonds is 5. The molecule has 1 aromatic carbocycles. The van der Waals surface area contributed by atoms with Crippen LogP contribution >= 0.6 is 0 Å². The summed E-state index contributed by atoms with van der Waals surface area (Å²) in [7, 11) is 1.16. The van der Waals surface area contributed by atoms with Gasteiger partial charge in [0.15, 0.2) is 5.76 Å². The molecule has 5 rings (SSSR count). The van der Waals surface area contributed by atoms with Crippen LogP contribution in [0.3, 0.4) is 0 Å². The smallest absolute Gasteiger partial charge is 0.232 e. The van der Waals surface area contributed by atoms with Crippen molar-refractivity contribution >= 4 is 16.5 Å². The second kappa shape index (κ2) is 8.26. The molecule has 2 N–H and O–H groups in total. The highest BCUT2D eigenvalue weighted by Crippen LogP contribution is 2.40. The minimum Gasteiger partial charge on any atom is -0.480 e. The highest BCUT2D eigenvalue weighted by molar-refractivity contribution is 7.89. The van der Waals surface area contributed by atoms with Crippen molar-refractivity contribution in [1.29, 1.82) is 0 Å². The Labute approximate surface area is 199 Å². The molecule has 0 bridgehead atoms. The molecule has 1 aliphatic heterocycles. The van der Waals surface area contributed by atoms with E-state index in [9.17, 15) is 0 Å². The molecule has 2 atom stereocenters. The fourth-order valence-electron chi connectivity index (χ4n) is 3.84. The van der Waals surface area contributed by atoms with E-state index in [2.05, 4.69) is 29.0 Å². The lowest BCUT2D eigenvalue weighted by molar-refractivity contribution is 0.395. The van der Waals surface area contributed by atoms with E-state index >= 15 is 4.39 Å². The number of ether oxygens (including phenoxy) is 1. The molecule has 2 aromatic heterocycles. The van der Waals surface area contributed by atoms with Crippen LogP contribution in [0.1, 0.15) is 39.2 Å². The molecule has 3 aromatic rings. The summed E-state index contributed by atoms with van der Waals surface area (Å²) in [6, 6.07) is 7.02. The molecule has 0 spiro atoms. The Hall–Kier alpha value is -3.14. The van der Waals surface area contributed by atoms with Crippen molar-refractivity contribution in [2.45, 2.75) is 49.9 Å². The number of aliphatic imine (C=N–C) groups is 1. The number of aromatic nitrogens is 3. The Morgan fingerprint density at radius 3 is 2.62 bits per heavy atom. The van der Waals surface area contributed by atoms with Gasteiger partial charge in [-0.15, -0.1) is 0 Å². The molecule has 1 saturated carbocycles. The van der Waals surface area contributed by atoms with Gasteiger partial charge in [-0.1, -0.05) is 15.8 Å². The van der Waals surface area contributed by atoms with Gasteiger partial charge in [-0.05, 0) is 51.8 Å². The summed E-state index contributed by atoms with van der Waals surface area (Å²) >= 11 is 0. The topological polar surface area (TPSA) is 112 Å². The zero-order valence-electron chi connectivity index (χ0n) is 19.6. The van der Waals surface area contributed by atoms with Crippen molar-refractivity contribution in [1.82, 2.24) is 15.1 Å². The Balaban J connectivity index is 1.51. The number of benzene rings is 1. The van der Waals surface area contributed by atoms with Crippen LogP contribution in [0.5, 0.6) is 5.88 Å². The van der Waals surface area contributed by atoms with Crippen LogP contribution in [0.15, 0.2) is 50.5 Å². The SMILES string of the molecule is COc1cnc(-c2cc(-c3ccc(F)c([C@]4(C)C[S@@](=NC5CC5)C(C)(C)C(N)=N4)c3)on2)cn1. The molecule has 1 aliphatic carbocycles. The van der Waals surface area contributed by atoms with Crippen LogP contribution in [0.25, 0.3) is 22.7 Å². The zero-order valence-corrected chi connectivity index (χ0v) is 20.4. The zero-order chi connectivity index (χ0) is 24.1. The Kier molecular flexibility index (Phi) is 5.50. The molecule has 0 unspecified atom stereocenters. The summed E-state index contributed by atoms with van der Waals surface area (Å²) in [4.78, 5) is 13.2. The maximum absolute atomic E-state index is 15.2. The largest absolute Gasteiger partial charge is 0.480 e. The summed E-state index contributed by atoms with van der Waals surface area (Å²) in [5, 5.41) is 4.11. The summed E-state index contributed by atoms with van der Waals surface area (Å²) in [5.41, 5.74) is 7.82. The van der Waals surface area contributed by atoms with Gasteiger partial charge in [0, 0.05) is 22.9 Å². The average Bonchev–Trinajstić information content (AvgIpc) is 3.50. The maximum atomic E-state index is 15.2. The van der Waals surface area contributed by atoms with E-state index < -0.39 is 5.54 Å². The maximum Gasteiger partial charge on any atom is 0.232 e. The van der Waals surface area contributed by atoms with E-state index in [1.165, 1.54) is 19.4 Å². The first kappa shape index (κ1) is 22.6. The predicted molar refractivity (Wildman–Crippen MR) is 130 cm³/mol. The molecule has 1 fully saturated rings. The van der Waals surface area contributed by atoms with Crippen LogP contribution in [0.2, 0.25) is 0 Å².